The molecule has 1 heterocycles. The molecule has 1 fully saturated rings. The molecule has 90 valence electrons. The summed E-state index contributed by atoms with van der Waals surface area (Å²) in [6.45, 7) is 2.43. The Balaban J connectivity index is 2.21. The quantitative estimate of drug-likeness (QED) is 0.716. The zero-order valence-corrected chi connectivity index (χ0v) is 9.98. The van der Waals surface area contributed by atoms with Crippen LogP contribution in [0.2, 0.25) is 0 Å². The van der Waals surface area contributed by atoms with Crippen LogP contribution in [-0.2, 0) is 4.74 Å². The molecule has 5 heteroatoms. The molecule has 0 aromatic rings. The van der Waals surface area contributed by atoms with Gasteiger partial charge in [0.2, 0.25) is 0 Å². The van der Waals surface area contributed by atoms with Gasteiger partial charge in [-0.15, -0.1) is 0 Å². The zero-order valence-electron chi connectivity index (χ0n) is 9.98. The largest absolute Gasteiger partial charge is 0.448 e. The minimum Gasteiger partial charge on any atom is -0.448 e. The number of likely N-dealkylation sites (tertiary alicyclic amines) is 1. The molecular formula is C11H19N3O2. The molecular weight excluding hydrogens is 206 g/mol. The van der Waals surface area contributed by atoms with Crippen molar-refractivity contribution in [3.8, 4) is 6.07 Å². The number of hydrogen-bond acceptors (Lipinski definition) is 4. The third-order valence-corrected chi connectivity index (χ3v) is 2.70. The number of carbonyl (C=O) groups is 1. The van der Waals surface area contributed by atoms with Crippen LogP contribution in [0.4, 0.5) is 4.79 Å². The Labute approximate surface area is 96.6 Å². The lowest BCUT2D eigenvalue weighted by Gasteiger charge is -2.28. The molecule has 0 aromatic heterocycles. The van der Waals surface area contributed by atoms with Gasteiger partial charge >= 0.3 is 6.09 Å². The molecule has 1 amide bonds. The predicted molar refractivity (Wildman–Crippen MR) is 59.8 cm³/mol. The second-order valence-electron chi connectivity index (χ2n) is 4.31. The molecule has 1 aliphatic heterocycles. The minimum atomic E-state index is -0.252. The van der Waals surface area contributed by atoms with Gasteiger partial charge in [0.25, 0.3) is 0 Å². The third kappa shape index (κ3) is 4.07. The van der Waals surface area contributed by atoms with E-state index in [-0.39, 0.29) is 12.0 Å². The number of nitriles is 1. The average Bonchev–Trinajstić information content (AvgIpc) is 2.28. The smallest absolute Gasteiger partial charge is 0.409 e. The van der Waals surface area contributed by atoms with Crippen LogP contribution in [0.3, 0.4) is 0 Å². The number of amides is 1. The Kier molecular flexibility index (Phi) is 5.06. The Morgan fingerprint density at radius 3 is 2.62 bits per heavy atom. The standard InChI is InChI=1S/C11H19N3O2/c1-13(2)7-8-16-11(15)14-5-3-10(9-12)4-6-14/h10H,3-8H2,1-2H3. The van der Waals surface area contributed by atoms with Crippen molar-refractivity contribution in [2.45, 2.75) is 12.8 Å². The molecule has 0 unspecified atom stereocenters. The minimum absolute atomic E-state index is 0.103. The summed E-state index contributed by atoms with van der Waals surface area (Å²) in [4.78, 5) is 15.2. The molecule has 0 spiro atoms. The van der Waals surface area contributed by atoms with Crippen molar-refractivity contribution in [1.29, 1.82) is 5.26 Å². The molecule has 0 aromatic carbocycles. The maximum atomic E-state index is 11.6. The lowest BCUT2D eigenvalue weighted by Crippen LogP contribution is -2.39. The van der Waals surface area contributed by atoms with E-state index in [0.29, 0.717) is 19.7 Å². The van der Waals surface area contributed by atoms with Crippen LogP contribution in [0.1, 0.15) is 12.8 Å². The van der Waals surface area contributed by atoms with E-state index in [1.54, 1.807) is 4.90 Å². The second-order valence-corrected chi connectivity index (χ2v) is 4.31. The number of likely N-dealkylation sites (N-methyl/N-ethyl adjacent to an activating group) is 1. The van der Waals surface area contributed by atoms with Gasteiger partial charge in [0, 0.05) is 25.6 Å². The van der Waals surface area contributed by atoms with Crippen LogP contribution in [-0.4, -0.2) is 56.2 Å². The van der Waals surface area contributed by atoms with E-state index in [4.69, 9.17) is 10.00 Å². The first-order valence-corrected chi connectivity index (χ1v) is 5.59. The molecule has 0 radical (unpaired) electrons. The summed E-state index contributed by atoms with van der Waals surface area (Å²) in [5.41, 5.74) is 0. The molecule has 5 nitrogen and oxygen atoms in total. The van der Waals surface area contributed by atoms with E-state index in [1.165, 1.54) is 0 Å². The third-order valence-electron chi connectivity index (χ3n) is 2.70. The fourth-order valence-electron chi connectivity index (χ4n) is 1.60. The highest BCUT2D eigenvalue weighted by molar-refractivity contribution is 5.67. The highest BCUT2D eigenvalue weighted by Crippen LogP contribution is 2.16. The van der Waals surface area contributed by atoms with Crippen molar-refractivity contribution in [3.63, 3.8) is 0 Å². The summed E-state index contributed by atoms with van der Waals surface area (Å²) in [5, 5.41) is 8.73. The molecule has 16 heavy (non-hydrogen) atoms. The van der Waals surface area contributed by atoms with E-state index in [2.05, 4.69) is 6.07 Å². The summed E-state index contributed by atoms with van der Waals surface area (Å²) < 4.78 is 5.12. The summed E-state index contributed by atoms with van der Waals surface area (Å²) in [7, 11) is 3.87. The van der Waals surface area contributed by atoms with E-state index >= 15 is 0 Å². The SMILES string of the molecule is CN(C)CCOC(=O)N1CCC(C#N)CC1. The Bertz CT molecular complexity index is 265. The van der Waals surface area contributed by atoms with Crippen LogP contribution < -0.4 is 0 Å². The summed E-state index contributed by atoms with van der Waals surface area (Å²) in [6, 6.07) is 2.24. The van der Waals surface area contributed by atoms with Crippen LogP contribution in [0.15, 0.2) is 0 Å². The molecule has 0 saturated carbocycles. The predicted octanol–water partition coefficient (Wildman–Crippen LogP) is 0.920. The van der Waals surface area contributed by atoms with Crippen molar-refractivity contribution in [2.75, 3.05) is 40.3 Å². The monoisotopic (exact) mass is 225 g/mol. The Morgan fingerprint density at radius 1 is 1.50 bits per heavy atom. The van der Waals surface area contributed by atoms with Crippen molar-refractivity contribution < 1.29 is 9.53 Å². The Morgan fingerprint density at radius 2 is 2.12 bits per heavy atom. The number of rotatable bonds is 3. The van der Waals surface area contributed by atoms with E-state index in [0.717, 1.165) is 19.4 Å². The lowest BCUT2D eigenvalue weighted by atomic mass is 9.99. The van der Waals surface area contributed by atoms with Gasteiger partial charge in [-0.25, -0.2) is 4.79 Å². The van der Waals surface area contributed by atoms with Crippen LogP contribution in [0.5, 0.6) is 0 Å². The molecule has 0 aliphatic carbocycles. The molecule has 0 N–H and O–H groups in total. The van der Waals surface area contributed by atoms with Gasteiger partial charge in [0.15, 0.2) is 0 Å². The first kappa shape index (κ1) is 12.8. The van der Waals surface area contributed by atoms with Crippen LogP contribution in [0.25, 0.3) is 0 Å². The lowest BCUT2D eigenvalue weighted by molar-refractivity contribution is 0.0861. The first-order chi connectivity index (χ1) is 7.63. The first-order valence-electron chi connectivity index (χ1n) is 5.59. The van der Waals surface area contributed by atoms with Crippen molar-refractivity contribution in [3.05, 3.63) is 0 Å². The van der Waals surface area contributed by atoms with Crippen molar-refractivity contribution >= 4 is 6.09 Å². The number of hydrogen-bond donors (Lipinski definition) is 0. The topological polar surface area (TPSA) is 56.6 Å². The van der Waals surface area contributed by atoms with Gasteiger partial charge in [-0.2, -0.15) is 5.26 Å². The zero-order chi connectivity index (χ0) is 12.0. The fourth-order valence-corrected chi connectivity index (χ4v) is 1.60. The van der Waals surface area contributed by atoms with Crippen molar-refractivity contribution in [1.82, 2.24) is 9.80 Å². The fraction of sp³-hybridized carbons (Fsp3) is 0.818. The summed E-state index contributed by atoms with van der Waals surface area (Å²) in [6.07, 6.45) is 1.27. The van der Waals surface area contributed by atoms with Gasteiger partial charge in [-0.3, -0.25) is 0 Å². The van der Waals surface area contributed by atoms with E-state index < -0.39 is 0 Å². The van der Waals surface area contributed by atoms with Crippen LogP contribution in [0, 0.1) is 17.2 Å². The number of carbonyl (C=O) groups excluding carboxylic acids is 1. The molecule has 0 bridgehead atoms. The number of ether oxygens (including phenoxy) is 1. The number of nitrogens with zero attached hydrogens (tertiary/aromatic N) is 3. The highest BCUT2D eigenvalue weighted by atomic mass is 16.6. The van der Waals surface area contributed by atoms with Gasteiger partial charge in [0.05, 0.1) is 6.07 Å². The van der Waals surface area contributed by atoms with Gasteiger partial charge in [0.1, 0.15) is 6.61 Å². The van der Waals surface area contributed by atoms with Gasteiger partial charge in [-0.05, 0) is 26.9 Å². The average molecular weight is 225 g/mol. The molecule has 1 saturated heterocycles. The normalized spacial score (nSPS) is 17.2. The van der Waals surface area contributed by atoms with E-state index in [1.807, 2.05) is 19.0 Å². The molecule has 0 atom stereocenters. The van der Waals surface area contributed by atoms with E-state index in [9.17, 15) is 4.79 Å². The van der Waals surface area contributed by atoms with Crippen LogP contribution >= 0.6 is 0 Å². The second kappa shape index (κ2) is 6.33. The summed E-state index contributed by atoms with van der Waals surface area (Å²) >= 11 is 0. The molecule has 1 aliphatic rings. The molecule has 1 rings (SSSR count). The maximum absolute atomic E-state index is 11.6. The van der Waals surface area contributed by atoms with Crippen molar-refractivity contribution in [2.24, 2.45) is 5.92 Å². The van der Waals surface area contributed by atoms with Gasteiger partial charge < -0.3 is 14.5 Å². The highest BCUT2D eigenvalue weighted by Gasteiger charge is 2.23. The maximum Gasteiger partial charge on any atom is 0.409 e. The summed E-state index contributed by atoms with van der Waals surface area (Å²) in [5.74, 6) is 0.103. The van der Waals surface area contributed by atoms with Gasteiger partial charge in [-0.1, -0.05) is 0 Å². The number of piperidine rings is 1. The Hall–Kier alpha value is -1.28.